The van der Waals surface area contributed by atoms with Crippen molar-refractivity contribution in [3.63, 3.8) is 0 Å². The van der Waals surface area contributed by atoms with Gasteiger partial charge >= 0.3 is 0 Å². The van der Waals surface area contributed by atoms with Gasteiger partial charge in [0.15, 0.2) is 0 Å². The highest BCUT2D eigenvalue weighted by molar-refractivity contribution is 5.85. The highest BCUT2D eigenvalue weighted by Gasteiger charge is 2.20. The van der Waals surface area contributed by atoms with E-state index in [9.17, 15) is 4.79 Å². The Morgan fingerprint density at radius 2 is 1.83 bits per heavy atom. The fourth-order valence-corrected chi connectivity index (χ4v) is 2.77. The van der Waals surface area contributed by atoms with Crippen molar-refractivity contribution in [2.75, 3.05) is 19.6 Å². The van der Waals surface area contributed by atoms with Gasteiger partial charge in [0.25, 0.3) is 0 Å². The van der Waals surface area contributed by atoms with Crippen molar-refractivity contribution >= 4 is 30.7 Å². The molecule has 0 radical (unpaired) electrons. The van der Waals surface area contributed by atoms with Crippen molar-refractivity contribution in [1.82, 2.24) is 10.2 Å². The average Bonchev–Trinajstić information content (AvgIpc) is 2.98. The van der Waals surface area contributed by atoms with Crippen LogP contribution >= 0.6 is 24.8 Å². The molecule has 1 amide bonds. The summed E-state index contributed by atoms with van der Waals surface area (Å²) in [5, 5.41) is 3.18. The van der Waals surface area contributed by atoms with Crippen LogP contribution in [0.3, 0.4) is 0 Å². The summed E-state index contributed by atoms with van der Waals surface area (Å²) in [6.07, 6.45) is 3.76. The van der Waals surface area contributed by atoms with E-state index in [0.29, 0.717) is 6.42 Å². The number of carbonyl (C=O) groups excluding carboxylic acids is 1. The molecule has 2 rings (SSSR count). The summed E-state index contributed by atoms with van der Waals surface area (Å²) in [4.78, 5) is 14.6. The highest BCUT2D eigenvalue weighted by atomic mass is 35.5. The number of amides is 1. The molecule has 0 bridgehead atoms. The van der Waals surface area contributed by atoms with E-state index >= 15 is 0 Å². The Morgan fingerprint density at radius 1 is 1.22 bits per heavy atom. The number of hydrogen-bond donors (Lipinski definition) is 2. The van der Waals surface area contributed by atoms with E-state index in [0.717, 1.165) is 26.1 Å². The number of nitrogens with two attached hydrogens (primary N) is 1. The number of hydrogen-bond acceptors (Lipinski definition) is 3. The van der Waals surface area contributed by atoms with Crippen LogP contribution in [0.2, 0.25) is 0 Å². The van der Waals surface area contributed by atoms with Crippen LogP contribution in [0.15, 0.2) is 30.3 Å². The summed E-state index contributed by atoms with van der Waals surface area (Å²) in [7, 11) is 0. The second kappa shape index (κ2) is 11.7. The zero-order valence-electron chi connectivity index (χ0n) is 13.7. The molecule has 1 saturated heterocycles. The van der Waals surface area contributed by atoms with Gasteiger partial charge in [0.2, 0.25) is 5.91 Å². The Balaban J connectivity index is 0.00000242. The molecule has 4 nitrogen and oxygen atoms in total. The summed E-state index contributed by atoms with van der Waals surface area (Å²) in [6.45, 7) is 5.11. The third kappa shape index (κ3) is 8.02. The van der Waals surface area contributed by atoms with Crippen molar-refractivity contribution in [2.24, 2.45) is 5.73 Å². The summed E-state index contributed by atoms with van der Waals surface area (Å²) in [6, 6.07) is 10.4. The quantitative estimate of drug-likeness (QED) is 0.784. The van der Waals surface area contributed by atoms with E-state index in [1.807, 2.05) is 25.1 Å². The molecule has 0 aliphatic carbocycles. The number of nitrogens with zero attached hydrogens (tertiary/aromatic N) is 1. The van der Waals surface area contributed by atoms with Crippen LogP contribution in [0.25, 0.3) is 0 Å². The molecule has 0 aromatic heterocycles. The minimum Gasteiger partial charge on any atom is -0.348 e. The zero-order valence-corrected chi connectivity index (χ0v) is 15.4. The zero-order chi connectivity index (χ0) is 15.1. The van der Waals surface area contributed by atoms with Gasteiger partial charge in [-0.15, -0.1) is 24.8 Å². The summed E-state index contributed by atoms with van der Waals surface area (Å²) in [5.41, 5.74) is 6.91. The molecule has 3 N–H and O–H groups in total. The van der Waals surface area contributed by atoms with Crippen LogP contribution in [0, 0.1) is 0 Å². The highest BCUT2D eigenvalue weighted by Crippen LogP contribution is 2.18. The molecule has 6 heteroatoms. The molecule has 1 aromatic rings. The second-order valence-corrected chi connectivity index (χ2v) is 6.05. The normalized spacial score (nSPS) is 16.8. The first-order chi connectivity index (χ1) is 10.1. The maximum atomic E-state index is 12.1. The minimum atomic E-state index is 0. The third-order valence-electron chi connectivity index (χ3n) is 4.00. The van der Waals surface area contributed by atoms with Crippen molar-refractivity contribution in [2.45, 2.75) is 44.7 Å². The van der Waals surface area contributed by atoms with Gasteiger partial charge in [-0.05, 0) is 44.8 Å². The van der Waals surface area contributed by atoms with E-state index < -0.39 is 0 Å². The van der Waals surface area contributed by atoms with E-state index in [2.05, 4.69) is 22.3 Å². The smallest absolute Gasteiger partial charge is 0.220 e. The molecule has 0 spiro atoms. The topological polar surface area (TPSA) is 58.4 Å². The Labute approximate surface area is 152 Å². The number of carbonyl (C=O) groups is 1. The molecule has 1 fully saturated rings. The van der Waals surface area contributed by atoms with Crippen molar-refractivity contribution in [3.8, 4) is 0 Å². The van der Waals surface area contributed by atoms with Crippen LogP contribution in [0.5, 0.6) is 0 Å². The minimum absolute atomic E-state index is 0. The van der Waals surface area contributed by atoms with Crippen LogP contribution in [0.1, 0.15) is 44.2 Å². The van der Waals surface area contributed by atoms with Crippen LogP contribution in [-0.4, -0.2) is 36.5 Å². The van der Waals surface area contributed by atoms with Gasteiger partial charge in [-0.2, -0.15) is 0 Å². The molecular weight excluding hydrogens is 333 g/mol. The van der Waals surface area contributed by atoms with Crippen LogP contribution < -0.4 is 11.1 Å². The lowest BCUT2D eigenvalue weighted by Crippen LogP contribution is -2.37. The second-order valence-electron chi connectivity index (χ2n) is 6.05. The Morgan fingerprint density at radius 3 is 2.39 bits per heavy atom. The van der Waals surface area contributed by atoms with Crippen molar-refractivity contribution in [1.29, 1.82) is 0 Å². The molecule has 1 heterocycles. The van der Waals surface area contributed by atoms with E-state index in [1.54, 1.807) is 0 Å². The molecule has 23 heavy (non-hydrogen) atoms. The number of rotatable bonds is 7. The van der Waals surface area contributed by atoms with Gasteiger partial charge in [-0.25, -0.2) is 0 Å². The fourth-order valence-electron chi connectivity index (χ4n) is 2.77. The number of halogens is 2. The number of benzene rings is 1. The first kappa shape index (κ1) is 22.2. The Bertz CT molecular complexity index is 437. The van der Waals surface area contributed by atoms with Crippen molar-refractivity contribution < 1.29 is 4.79 Å². The van der Waals surface area contributed by atoms with E-state index in [-0.39, 0.29) is 42.8 Å². The molecule has 1 aliphatic heterocycles. The third-order valence-corrected chi connectivity index (χ3v) is 4.00. The Kier molecular flexibility index (Phi) is 11.3. The maximum Gasteiger partial charge on any atom is 0.220 e. The van der Waals surface area contributed by atoms with Crippen LogP contribution in [-0.2, 0) is 4.79 Å². The predicted octanol–water partition coefficient (Wildman–Crippen LogP) is 2.91. The molecule has 1 aliphatic rings. The van der Waals surface area contributed by atoms with Gasteiger partial charge in [0.1, 0.15) is 0 Å². The first-order valence-electron chi connectivity index (χ1n) is 7.97. The van der Waals surface area contributed by atoms with Crippen molar-refractivity contribution in [3.05, 3.63) is 35.9 Å². The van der Waals surface area contributed by atoms with Gasteiger partial charge in [0, 0.05) is 19.0 Å². The predicted molar refractivity (Wildman–Crippen MR) is 100 cm³/mol. The lowest BCUT2D eigenvalue weighted by molar-refractivity contribution is -0.122. The molecule has 132 valence electrons. The first-order valence-corrected chi connectivity index (χ1v) is 7.97. The van der Waals surface area contributed by atoms with E-state index in [4.69, 9.17) is 5.73 Å². The average molecular weight is 362 g/mol. The number of likely N-dealkylation sites (tertiary alicyclic amines) is 1. The van der Waals surface area contributed by atoms with Gasteiger partial charge < -0.3 is 16.0 Å². The SMILES string of the molecule is CC(N)CCC(=O)NC(CN1CCCC1)c1ccccc1.Cl.Cl. The summed E-state index contributed by atoms with van der Waals surface area (Å²) < 4.78 is 0. The number of nitrogens with one attached hydrogen (secondary N) is 1. The fraction of sp³-hybridized carbons (Fsp3) is 0.588. The Hall–Kier alpha value is -0.810. The molecule has 2 atom stereocenters. The monoisotopic (exact) mass is 361 g/mol. The molecule has 0 saturated carbocycles. The lowest BCUT2D eigenvalue weighted by Gasteiger charge is -2.25. The maximum absolute atomic E-state index is 12.1. The van der Waals surface area contributed by atoms with Gasteiger partial charge in [0.05, 0.1) is 6.04 Å². The standard InChI is InChI=1S/C17H27N3O.2ClH/c1-14(18)9-10-17(21)19-16(13-20-11-5-6-12-20)15-7-3-2-4-8-15;;/h2-4,7-8,14,16H,5-6,9-13,18H2,1H3,(H,19,21);2*1H. The van der Waals surface area contributed by atoms with E-state index in [1.165, 1.54) is 18.4 Å². The van der Waals surface area contributed by atoms with Gasteiger partial charge in [-0.1, -0.05) is 30.3 Å². The molecular formula is C17H29Cl2N3O. The molecule has 2 unspecified atom stereocenters. The summed E-state index contributed by atoms with van der Waals surface area (Å²) >= 11 is 0. The van der Waals surface area contributed by atoms with Crippen LogP contribution in [0.4, 0.5) is 0 Å². The van der Waals surface area contributed by atoms with Gasteiger partial charge in [-0.3, -0.25) is 4.79 Å². The molecule has 1 aromatic carbocycles. The largest absolute Gasteiger partial charge is 0.348 e. The lowest BCUT2D eigenvalue weighted by atomic mass is 10.1. The summed E-state index contributed by atoms with van der Waals surface area (Å²) in [5.74, 6) is 0.0975.